The fourth-order valence-electron chi connectivity index (χ4n) is 2.06. The lowest BCUT2D eigenvalue weighted by atomic mass is 10.1. The molecule has 0 bridgehead atoms. The molecule has 0 saturated heterocycles. The summed E-state index contributed by atoms with van der Waals surface area (Å²) in [7, 11) is 0. The van der Waals surface area contributed by atoms with Gasteiger partial charge in [-0.2, -0.15) is 0 Å². The van der Waals surface area contributed by atoms with Gasteiger partial charge in [-0.3, -0.25) is 9.78 Å². The van der Waals surface area contributed by atoms with E-state index in [1.54, 1.807) is 12.3 Å². The number of benzene rings is 1. The van der Waals surface area contributed by atoms with Gasteiger partial charge in [-0.05, 0) is 12.1 Å². The molecule has 0 unspecified atom stereocenters. The highest BCUT2D eigenvalue weighted by molar-refractivity contribution is 5.93. The summed E-state index contributed by atoms with van der Waals surface area (Å²) < 4.78 is 5.21. The van der Waals surface area contributed by atoms with Crippen molar-refractivity contribution < 1.29 is 9.32 Å². The number of rotatable bonds is 5. The molecule has 0 fully saturated rings. The lowest BCUT2D eigenvalue weighted by molar-refractivity contribution is 0.0945. The lowest BCUT2D eigenvalue weighted by Crippen LogP contribution is -2.26. The van der Waals surface area contributed by atoms with E-state index in [1.165, 1.54) is 0 Å². The van der Waals surface area contributed by atoms with Gasteiger partial charge in [0, 0.05) is 36.5 Å². The molecule has 5 nitrogen and oxygen atoms in total. The zero-order valence-corrected chi connectivity index (χ0v) is 11.9. The highest BCUT2D eigenvalue weighted by Gasteiger charge is 2.13. The number of nitrogens with zero attached hydrogens (tertiary/aromatic N) is 2. The Hall–Kier alpha value is -2.95. The molecule has 3 aromatic rings. The number of nitrogens with one attached hydrogen (secondary N) is 1. The Bertz CT molecular complexity index is 739. The Morgan fingerprint density at radius 3 is 2.68 bits per heavy atom. The summed E-state index contributed by atoms with van der Waals surface area (Å²) in [6.07, 6.45) is 2.41. The quantitative estimate of drug-likeness (QED) is 0.785. The van der Waals surface area contributed by atoms with Crippen LogP contribution in [0.15, 0.2) is 65.3 Å². The van der Waals surface area contributed by atoms with Crippen LogP contribution in [0.2, 0.25) is 0 Å². The Morgan fingerprint density at radius 1 is 1.09 bits per heavy atom. The largest absolute Gasteiger partial charge is 0.355 e. The second kappa shape index (κ2) is 6.67. The van der Waals surface area contributed by atoms with Gasteiger partial charge in [0.25, 0.3) is 5.91 Å². The van der Waals surface area contributed by atoms with Crippen LogP contribution in [0.3, 0.4) is 0 Å². The zero-order valence-electron chi connectivity index (χ0n) is 11.9. The van der Waals surface area contributed by atoms with Crippen molar-refractivity contribution in [2.24, 2.45) is 0 Å². The third-order valence-corrected chi connectivity index (χ3v) is 3.19. The number of hydrogen-bond donors (Lipinski definition) is 1. The number of hydrogen-bond acceptors (Lipinski definition) is 4. The first kappa shape index (κ1) is 14.0. The van der Waals surface area contributed by atoms with Crippen molar-refractivity contribution in [3.05, 3.63) is 72.2 Å². The minimum absolute atomic E-state index is 0.248. The van der Waals surface area contributed by atoms with Gasteiger partial charge in [0.1, 0.15) is 0 Å². The fourth-order valence-corrected chi connectivity index (χ4v) is 2.06. The molecule has 2 heterocycles. The van der Waals surface area contributed by atoms with Crippen molar-refractivity contribution in [1.82, 2.24) is 15.5 Å². The van der Waals surface area contributed by atoms with E-state index in [2.05, 4.69) is 15.5 Å². The van der Waals surface area contributed by atoms with Crippen LogP contribution < -0.4 is 5.32 Å². The van der Waals surface area contributed by atoms with Gasteiger partial charge < -0.3 is 9.84 Å². The molecule has 110 valence electrons. The van der Waals surface area contributed by atoms with Gasteiger partial charge in [-0.25, -0.2) is 0 Å². The molecule has 0 radical (unpaired) electrons. The van der Waals surface area contributed by atoms with E-state index < -0.39 is 0 Å². The average Bonchev–Trinajstić information content (AvgIpc) is 3.07. The molecule has 0 saturated carbocycles. The van der Waals surface area contributed by atoms with E-state index in [4.69, 9.17) is 4.52 Å². The summed E-state index contributed by atoms with van der Waals surface area (Å²) in [5, 5.41) is 6.63. The molecule has 0 spiro atoms. The molecule has 3 rings (SSSR count). The SMILES string of the molecule is O=C(NCCc1ccccn1)c1cc(-c2ccccc2)on1. The first-order chi connectivity index (χ1) is 10.8. The van der Waals surface area contributed by atoms with Crippen molar-refractivity contribution in [3.63, 3.8) is 0 Å². The number of carbonyl (C=O) groups is 1. The number of pyridine rings is 1. The summed E-state index contributed by atoms with van der Waals surface area (Å²) in [5.74, 6) is 0.331. The van der Waals surface area contributed by atoms with Gasteiger partial charge in [0.2, 0.25) is 0 Å². The summed E-state index contributed by atoms with van der Waals surface area (Å²) in [6.45, 7) is 0.503. The van der Waals surface area contributed by atoms with Gasteiger partial charge in [0.05, 0.1) is 0 Å². The zero-order chi connectivity index (χ0) is 15.2. The van der Waals surface area contributed by atoms with Crippen LogP contribution in [0.4, 0.5) is 0 Å². The fraction of sp³-hybridized carbons (Fsp3) is 0.118. The summed E-state index contributed by atoms with van der Waals surface area (Å²) >= 11 is 0. The van der Waals surface area contributed by atoms with Crippen molar-refractivity contribution in [2.75, 3.05) is 6.54 Å². The average molecular weight is 293 g/mol. The molecule has 1 aromatic carbocycles. The molecule has 22 heavy (non-hydrogen) atoms. The monoisotopic (exact) mass is 293 g/mol. The van der Waals surface area contributed by atoms with Crippen molar-refractivity contribution in [3.8, 4) is 11.3 Å². The van der Waals surface area contributed by atoms with Crippen LogP contribution in [0, 0.1) is 0 Å². The molecule has 0 aliphatic carbocycles. The predicted octanol–water partition coefficient (Wildman–Crippen LogP) is 2.71. The Kier molecular flexibility index (Phi) is 4.25. The van der Waals surface area contributed by atoms with Crippen LogP contribution in [0.5, 0.6) is 0 Å². The molecule has 2 aromatic heterocycles. The van der Waals surface area contributed by atoms with Crippen LogP contribution in [0.1, 0.15) is 16.2 Å². The standard InChI is InChI=1S/C17H15N3O2/c21-17(19-11-9-14-8-4-5-10-18-14)15-12-16(22-20-15)13-6-2-1-3-7-13/h1-8,10,12H,9,11H2,(H,19,21). The first-order valence-electron chi connectivity index (χ1n) is 7.03. The lowest BCUT2D eigenvalue weighted by Gasteiger charge is -2.02. The second-order valence-corrected chi connectivity index (χ2v) is 4.77. The van der Waals surface area contributed by atoms with Crippen molar-refractivity contribution in [2.45, 2.75) is 6.42 Å². The molecule has 1 amide bonds. The van der Waals surface area contributed by atoms with E-state index in [0.29, 0.717) is 18.7 Å². The third kappa shape index (κ3) is 3.38. The van der Waals surface area contributed by atoms with Gasteiger partial charge in [0.15, 0.2) is 11.5 Å². The van der Waals surface area contributed by atoms with Gasteiger partial charge in [-0.1, -0.05) is 41.6 Å². The van der Waals surface area contributed by atoms with E-state index in [9.17, 15) is 4.79 Å². The molecule has 0 aliphatic rings. The molecule has 0 aliphatic heterocycles. The highest BCUT2D eigenvalue weighted by atomic mass is 16.5. The van der Waals surface area contributed by atoms with Crippen LogP contribution in [-0.2, 0) is 6.42 Å². The van der Waals surface area contributed by atoms with Gasteiger partial charge in [-0.15, -0.1) is 0 Å². The Labute approximate surface area is 128 Å². The molecule has 1 N–H and O–H groups in total. The van der Waals surface area contributed by atoms with E-state index in [-0.39, 0.29) is 11.6 Å². The normalized spacial score (nSPS) is 10.4. The minimum atomic E-state index is -0.248. The number of amides is 1. The third-order valence-electron chi connectivity index (χ3n) is 3.19. The summed E-state index contributed by atoms with van der Waals surface area (Å²) in [6, 6.07) is 16.9. The molecule has 5 heteroatoms. The Morgan fingerprint density at radius 2 is 1.91 bits per heavy atom. The minimum Gasteiger partial charge on any atom is -0.355 e. The Balaban J connectivity index is 1.58. The summed E-state index contributed by atoms with van der Waals surface area (Å²) in [4.78, 5) is 16.2. The van der Waals surface area contributed by atoms with Crippen LogP contribution in [-0.4, -0.2) is 22.6 Å². The van der Waals surface area contributed by atoms with Crippen molar-refractivity contribution in [1.29, 1.82) is 0 Å². The van der Waals surface area contributed by atoms with E-state index in [0.717, 1.165) is 11.3 Å². The smallest absolute Gasteiger partial charge is 0.273 e. The van der Waals surface area contributed by atoms with Crippen LogP contribution >= 0.6 is 0 Å². The summed E-state index contributed by atoms with van der Waals surface area (Å²) in [5.41, 5.74) is 2.11. The molecular formula is C17H15N3O2. The maximum Gasteiger partial charge on any atom is 0.273 e. The maximum absolute atomic E-state index is 12.0. The molecule has 0 atom stereocenters. The first-order valence-corrected chi connectivity index (χ1v) is 7.03. The predicted molar refractivity (Wildman–Crippen MR) is 82.2 cm³/mol. The maximum atomic E-state index is 12.0. The number of aromatic nitrogens is 2. The second-order valence-electron chi connectivity index (χ2n) is 4.77. The van der Waals surface area contributed by atoms with Crippen molar-refractivity contribution >= 4 is 5.91 Å². The molecular weight excluding hydrogens is 278 g/mol. The van der Waals surface area contributed by atoms with E-state index in [1.807, 2.05) is 48.5 Å². The van der Waals surface area contributed by atoms with Gasteiger partial charge >= 0.3 is 0 Å². The highest BCUT2D eigenvalue weighted by Crippen LogP contribution is 2.19. The number of carbonyl (C=O) groups excluding carboxylic acids is 1. The van der Waals surface area contributed by atoms with Crippen LogP contribution in [0.25, 0.3) is 11.3 Å². The van der Waals surface area contributed by atoms with E-state index >= 15 is 0 Å². The topological polar surface area (TPSA) is 68.0 Å².